The largest absolute Gasteiger partial charge is 0.497 e. The maximum absolute atomic E-state index is 13.0. The van der Waals surface area contributed by atoms with E-state index in [4.69, 9.17) is 9.47 Å². The molecule has 0 aliphatic carbocycles. The number of aryl methyl sites for hydroxylation is 2. The molecule has 1 amide bonds. The predicted molar refractivity (Wildman–Crippen MR) is 115 cm³/mol. The standard InChI is InChI=1S/C24H32N2O3/c1-17-8-9-19(18(2)13-17)15-25(3)24(27)16-26-12-6-7-22(26)21-14-20(28-4)10-11-23(21)29-5/h8-11,13-14,22H,6-7,12,15-16H2,1-5H3/t22-/m0/s1. The number of nitrogens with zero attached hydrogens (tertiary/aromatic N) is 2. The fourth-order valence-electron chi connectivity index (χ4n) is 4.13. The van der Waals surface area contributed by atoms with Crippen molar-refractivity contribution >= 4 is 5.91 Å². The molecule has 0 bridgehead atoms. The average Bonchev–Trinajstić information content (AvgIpc) is 3.17. The topological polar surface area (TPSA) is 42.0 Å². The van der Waals surface area contributed by atoms with E-state index in [0.29, 0.717) is 13.1 Å². The van der Waals surface area contributed by atoms with Crippen molar-refractivity contribution in [3.8, 4) is 11.5 Å². The molecule has 1 atom stereocenters. The van der Waals surface area contributed by atoms with Gasteiger partial charge in [0.1, 0.15) is 11.5 Å². The van der Waals surface area contributed by atoms with Crippen LogP contribution < -0.4 is 9.47 Å². The Labute approximate surface area is 174 Å². The lowest BCUT2D eigenvalue weighted by Gasteiger charge is -2.28. The van der Waals surface area contributed by atoms with Crippen LogP contribution in [0.25, 0.3) is 0 Å². The number of rotatable bonds is 7. The van der Waals surface area contributed by atoms with E-state index >= 15 is 0 Å². The van der Waals surface area contributed by atoms with Gasteiger partial charge in [-0.25, -0.2) is 0 Å². The molecule has 0 spiro atoms. The van der Waals surface area contributed by atoms with Gasteiger partial charge in [0.15, 0.2) is 0 Å². The van der Waals surface area contributed by atoms with E-state index in [0.717, 1.165) is 36.4 Å². The number of benzene rings is 2. The number of methoxy groups -OCH3 is 2. The van der Waals surface area contributed by atoms with Crippen LogP contribution in [0.15, 0.2) is 36.4 Å². The third-order valence-corrected chi connectivity index (χ3v) is 5.83. The molecule has 2 aromatic rings. The molecular weight excluding hydrogens is 364 g/mol. The van der Waals surface area contributed by atoms with Gasteiger partial charge in [-0.1, -0.05) is 23.8 Å². The summed E-state index contributed by atoms with van der Waals surface area (Å²) in [5.41, 5.74) is 4.75. The highest BCUT2D eigenvalue weighted by molar-refractivity contribution is 5.78. The molecule has 0 aromatic heterocycles. The van der Waals surface area contributed by atoms with Crippen molar-refractivity contribution in [2.24, 2.45) is 0 Å². The molecule has 156 valence electrons. The average molecular weight is 397 g/mol. The number of ether oxygens (including phenoxy) is 2. The van der Waals surface area contributed by atoms with Crippen LogP contribution in [-0.2, 0) is 11.3 Å². The van der Waals surface area contributed by atoms with Crippen molar-refractivity contribution in [2.45, 2.75) is 39.3 Å². The van der Waals surface area contributed by atoms with Crippen LogP contribution in [0.2, 0.25) is 0 Å². The monoisotopic (exact) mass is 396 g/mol. The molecule has 3 rings (SSSR count). The third kappa shape index (κ3) is 4.91. The highest BCUT2D eigenvalue weighted by Crippen LogP contribution is 2.38. The second-order valence-corrected chi connectivity index (χ2v) is 7.92. The van der Waals surface area contributed by atoms with Crippen molar-refractivity contribution in [3.63, 3.8) is 0 Å². The van der Waals surface area contributed by atoms with Crippen molar-refractivity contribution < 1.29 is 14.3 Å². The molecule has 1 aliphatic heterocycles. The first-order valence-electron chi connectivity index (χ1n) is 10.2. The first-order valence-corrected chi connectivity index (χ1v) is 10.2. The van der Waals surface area contributed by atoms with Crippen LogP contribution in [0.4, 0.5) is 0 Å². The van der Waals surface area contributed by atoms with Crippen LogP contribution in [0.1, 0.15) is 41.1 Å². The van der Waals surface area contributed by atoms with Gasteiger partial charge in [0.05, 0.1) is 20.8 Å². The Kier molecular flexibility index (Phi) is 6.80. The summed E-state index contributed by atoms with van der Waals surface area (Å²) in [4.78, 5) is 17.1. The lowest BCUT2D eigenvalue weighted by atomic mass is 10.0. The van der Waals surface area contributed by atoms with Crippen molar-refractivity contribution in [1.82, 2.24) is 9.80 Å². The number of amides is 1. The van der Waals surface area contributed by atoms with Gasteiger partial charge < -0.3 is 14.4 Å². The molecule has 0 N–H and O–H groups in total. The Bertz CT molecular complexity index is 865. The van der Waals surface area contributed by atoms with Gasteiger partial charge in [0.25, 0.3) is 0 Å². The minimum absolute atomic E-state index is 0.138. The Morgan fingerprint density at radius 1 is 1.14 bits per heavy atom. The van der Waals surface area contributed by atoms with E-state index in [1.807, 2.05) is 30.1 Å². The minimum Gasteiger partial charge on any atom is -0.497 e. The zero-order valence-corrected chi connectivity index (χ0v) is 18.2. The van der Waals surface area contributed by atoms with E-state index in [1.54, 1.807) is 14.2 Å². The Morgan fingerprint density at radius 3 is 2.62 bits per heavy atom. The van der Waals surface area contributed by atoms with E-state index in [9.17, 15) is 4.79 Å². The van der Waals surface area contributed by atoms with Crippen LogP contribution >= 0.6 is 0 Å². The molecule has 0 unspecified atom stereocenters. The summed E-state index contributed by atoms with van der Waals surface area (Å²) in [5, 5.41) is 0. The molecule has 0 radical (unpaired) electrons. The number of carbonyl (C=O) groups excluding carboxylic acids is 1. The van der Waals surface area contributed by atoms with Crippen LogP contribution in [0, 0.1) is 13.8 Å². The lowest BCUT2D eigenvalue weighted by Crippen LogP contribution is -2.38. The van der Waals surface area contributed by atoms with Gasteiger partial charge in [-0.3, -0.25) is 9.69 Å². The SMILES string of the molecule is COc1ccc(OC)c([C@@H]2CCCN2CC(=O)N(C)Cc2ccc(C)cc2C)c1. The molecular formula is C24H32N2O3. The maximum atomic E-state index is 13.0. The van der Waals surface area contributed by atoms with Crippen LogP contribution in [0.5, 0.6) is 11.5 Å². The van der Waals surface area contributed by atoms with Crippen molar-refractivity contribution in [3.05, 3.63) is 58.7 Å². The normalized spacial score (nSPS) is 16.7. The summed E-state index contributed by atoms with van der Waals surface area (Å²) in [6.07, 6.45) is 2.08. The summed E-state index contributed by atoms with van der Waals surface area (Å²) >= 11 is 0. The third-order valence-electron chi connectivity index (χ3n) is 5.83. The molecule has 5 nitrogen and oxygen atoms in total. The van der Waals surface area contributed by atoms with E-state index in [-0.39, 0.29) is 11.9 Å². The first kappa shape index (κ1) is 21.2. The molecule has 0 saturated carbocycles. The predicted octanol–water partition coefficient (Wildman–Crippen LogP) is 4.12. The number of carbonyl (C=O) groups is 1. The fraction of sp³-hybridized carbons (Fsp3) is 0.458. The second kappa shape index (κ2) is 9.31. The van der Waals surface area contributed by atoms with E-state index < -0.39 is 0 Å². The summed E-state index contributed by atoms with van der Waals surface area (Å²) in [5.74, 6) is 1.79. The zero-order chi connectivity index (χ0) is 21.0. The fourth-order valence-corrected chi connectivity index (χ4v) is 4.13. The van der Waals surface area contributed by atoms with Crippen LogP contribution in [-0.4, -0.2) is 50.1 Å². The number of likely N-dealkylation sites (tertiary alicyclic amines) is 1. The van der Waals surface area contributed by atoms with Crippen LogP contribution in [0.3, 0.4) is 0 Å². The quantitative estimate of drug-likeness (QED) is 0.706. The zero-order valence-electron chi connectivity index (χ0n) is 18.2. The van der Waals surface area contributed by atoms with Crippen molar-refractivity contribution in [1.29, 1.82) is 0 Å². The van der Waals surface area contributed by atoms with Gasteiger partial charge >= 0.3 is 0 Å². The lowest BCUT2D eigenvalue weighted by molar-refractivity contribution is -0.131. The Hall–Kier alpha value is -2.53. The Morgan fingerprint density at radius 2 is 1.93 bits per heavy atom. The second-order valence-electron chi connectivity index (χ2n) is 7.92. The smallest absolute Gasteiger partial charge is 0.236 e. The maximum Gasteiger partial charge on any atom is 0.236 e. The number of hydrogen-bond donors (Lipinski definition) is 0. The van der Waals surface area contributed by atoms with Gasteiger partial charge in [0, 0.05) is 25.2 Å². The molecule has 1 aliphatic rings. The van der Waals surface area contributed by atoms with Crippen molar-refractivity contribution in [2.75, 3.05) is 34.4 Å². The van der Waals surface area contributed by atoms with Gasteiger partial charge in [-0.15, -0.1) is 0 Å². The van der Waals surface area contributed by atoms with Gasteiger partial charge in [0.2, 0.25) is 5.91 Å². The van der Waals surface area contributed by atoms with Gasteiger partial charge in [-0.2, -0.15) is 0 Å². The Balaban J connectivity index is 1.71. The summed E-state index contributed by atoms with van der Waals surface area (Å²) < 4.78 is 11.0. The molecule has 1 fully saturated rings. The highest BCUT2D eigenvalue weighted by Gasteiger charge is 2.30. The summed E-state index contributed by atoms with van der Waals surface area (Å²) in [7, 11) is 5.25. The molecule has 5 heteroatoms. The highest BCUT2D eigenvalue weighted by atomic mass is 16.5. The molecule has 1 heterocycles. The van der Waals surface area contributed by atoms with Gasteiger partial charge in [-0.05, 0) is 62.6 Å². The first-order chi connectivity index (χ1) is 13.9. The minimum atomic E-state index is 0.138. The molecule has 29 heavy (non-hydrogen) atoms. The summed E-state index contributed by atoms with van der Waals surface area (Å²) in [6.45, 7) is 6.14. The van der Waals surface area contributed by atoms with E-state index in [1.165, 1.54) is 16.7 Å². The van der Waals surface area contributed by atoms with E-state index in [2.05, 4.69) is 36.9 Å². The summed E-state index contributed by atoms with van der Waals surface area (Å²) in [6, 6.07) is 12.4. The molecule has 1 saturated heterocycles. The number of hydrogen-bond acceptors (Lipinski definition) is 4. The number of likely N-dealkylation sites (N-methyl/N-ethyl adjacent to an activating group) is 1. The molecule has 2 aromatic carbocycles.